The normalized spacial score (nSPS) is 12.7. The number of hydrogen-bond donors (Lipinski definition) is 0. The number of allylic oxidation sites excluding steroid dienone is 11. The molecule has 0 heterocycles. The zero-order chi connectivity index (χ0) is 41.5. The first-order valence-corrected chi connectivity index (χ1v) is 23.4. The van der Waals surface area contributed by atoms with Gasteiger partial charge in [-0.15, -0.1) is 0 Å². The van der Waals surface area contributed by atoms with Crippen molar-refractivity contribution < 1.29 is 28.6 Å². The highest BCUT2D eigenvalue weighted by Gasteiger charge is 2.19. The molecule has 0 amide bonds. The third-order valence-electron chi connectivity index (χ3n) is 9.73. The third-order valence-corrected chi connectivity index (χ3v) is 9.73. The average molecular weight is 795 g/mol. The Morgan fingerprint density at radius 2 is 0.737 bits per heavy atom. The van der Waals surface area contributed by atoms with E-state index in [9.17, 15) is 14.4 Å². The Labute approximate surface area is 351 Å². The first-order chi connectivity index (χ1) is 28.0. The summed E-state index contributed by atoms with van der Waals surface area (Å²) in [5.41, 5.74) is 0. The van der Waals surface area contributed by atoms with Crippen molar-refractivity contribution in [1.29, 1.82) is 0 Å². The second-order valence-electron chi connectivity index (χ2n) is 15.3. The maximum Gasteiger partial charge on any atom is 0.310 e. The predicted molar refractivity (Wildman–Crippen MR) is 242 cm³/mol. The number of ether oxygens (including phenoxy) is 3. The van der Waals surface area contributed by atoms with Gasteiger partial charge < -0.3 is 14.2 Å². The molecule has 0 rings (SSSR count). The largest absolute Gasteiger partial charge is 0.462 e. The molecule has 6 heteroatoms. The lowest BCUT2D eigenvalue weighted by atomic mass is 10.1. The van der Waals surface area contributed by atoms with Gasteiger partial charge in [0.1, 0.15) is 13.2 Å². The van der Waals surface area contributed by atoms with Crippen molar-refractivity contribution >= 4 is 17.9 Å². The fraction of sp³-hybridized carbons (Fsp3) is 0.706. The van der Waals surface area contributed by atoms with Crippen LogP contribution in [0.5, 0.6) is 0 Å². The van der Waals surface area contributed by atoms with Gasteiger partial charge in [-0.1, -0.05) is 196 Å². The summed E-state index contributed by atoms with van der Waals surface area (Å²) in [6, 6.07) is 0. The van der Waals surface area contributed by atoms with Crippen molar-refractivity contribution in [3.63, 3.8) is 0 Å². The minimum Gasteiger partial charge on any atom is -0.462 e. The van der Waals surface area contributed by atoms with E-state index in [1.165, 1.54) is 89.9 Å². The molecule has 0 fully saturated rings. The highest BCUT2D eigenvalue weighted by Crippen LogP contribution is 2.13. The number of carbonyl (C=O) groups is 3. The second kappa shape index (κ2) is 45.6. The molecule has 6 nitrogen and oxygen atoms in total. The van der Waals surface area contributed by atoms with Gasteiger partial charge in [-0.25, -0.2) is 0 Å². The summed E-state index contributed by atoms with van der Waals surface area (Å²) in [5, 5.41) is 0. The Hall–Kier alpha value is -3.15. The SMILES string of the molecule is CC/C=C\C/C=C\C/C=C\C/C=C\C/C=C\CC(=O)OC(COC(=O)CCCCCCC/C=C\CCCCCCCCC)COC(=O)CCCCCCCCCC. The van der Waals surface area contributed by atoms with E-state index in [1.807, 2.05) is 6.08 Å². The topological polar surface area (TPSA) is 78.9 Å². The van der Waals surface area contributed by atoms with Gasteiger partial charge in [-0.2, -0.15) is 0 Å². The fourth-order valence-corrected chi connectivity index (χ4v) is 6.22. The van der Waals surface area contributed by atoms with E-state index >= 15 is 0 Å². The molecule has 0 aliphatic heterocycles. The summed E-state index contributed by atoms with van der Waals surface area (Å²) in [6.07, 6.45) is 56.3. The van der Waals surface area contributed by atoms with Gasteiger partial charge in [-0.3, -0.25) is 14.4 Å². The standard InChI is InChI=1S/C51H86O6/c1-4-7-10-13-16-19-21-23-25-27-28-30-32-35-38-41-44-50(53)56-47-48(46-55-49(52)43-40-37-34-18-15-12-9-6-3)57-51(54)45-42-39-36-33-31-29-26-24-22-20-17-14-11-8-5-2/h8,11,17,20,24-27,31,33,39,42,48H,4-7,9-10,12-16,18-19,21-23,28-30,32,34-38,40-41,43-47H2,1-3H3/b11-8-,20-17-,26-24-,27-25-,33-31-,42-39-. The average Bonchev–Trinajstić information content (AvgIpc) is 3.21. The zero-order valence-electron chi connectivity index (χ0n) is 37.1. The summed E-state index contributed by atoms with van der Waals surface area (Å²) in [5.74, 6) is -1.06. The van der Waals surface area contributed by atoms with Crippen molar-refractivity contribution in [3.8, 4) is 0 Å². The van der Waals surface area contributed by atoms with Crippen LogP contribution in [0, 0.1) is 0 Å². The van der Waals surface area contributed by atoms with Crippen LogP contribution in [-0.4, -0.2) is 37.2 Å². The molecule has 0 saturated carbocycles. The van der Waals surface area contributed by atoms with Gasteiger partial charge in [0, 0.05) is 12.8 Å². The molecule has 0 aromatic carbocycles. The van der Waals surface area contributed by atoms with Crippen molar-refractivity contribution in [3.05, 3.63) is 72.9 Å². The minimum absolute atomic E-state index is 0.0964. The van der Waals surface area contributed by atoms with Crippen molar-refractivity contribution in [2.24, 2.45) is 0 Å². The number of esters is 3. The molecule has 0 aromatic rings. The molecule has 1 atom stereocenters. The van der Waals surface area contributed by atoms with Crippen LogP contribution < -0.4 is 0 Å². The van der Waals surface area contributed by atoms with Crippen molar-refractivity contribution in [2.75, 3.05) is 13.2 Å². The molecule has 1 unspecified atom stereocenters. The lowest BCUT2D eigenvalue weighted by Crippen LogP contribution is -2.30. The van der Waals surface area contributed by atoms with Crippen LogP contribution in [0.1, 0.15) is 213 Å². The van der Waals surface area contributed by atoms with Crippen LogP contribution in [0.3, 0.4) is 0 Å². The van der Waals surface area contributed by atoms with Crippen molar-refractivity contribution in [2.45, 2.75) is 219 Å². The summed E-state index contributed by atoms with van der Waals surface area (Å²) < 4.78 is 16.6. The van der Waals surface area contributed by atoms with Crippen LogP contribution in [0.2, 0.25) is 0 Å². The maximum absolute atomic E-state index is 12.7. The summed E-state index contributed by atoms with van der Waals surface area (Å²) >= 11 is 0. The Kier molecular flexibility index (Phi) is 43.0. The van der Waals surface area contributed by atoms with Gasteiger partial charge in [0.15, 0.2) is 6.10 Å². The second-order valence-corrected chi connectivity index (χ2v) is 15.3. The van der Waals surface area contributed by atoms with Gasteiger partial charge >= 0.3 is 17.9 Å². The minimum atomic E-state index is -0.828. The Bertz CT molecular complexity index is 1100. The van der Waals surface area contributed by atoms with E-state index in [4.69, 9.17) is 14.2 Å². The first kappa shape index (κ1) is 53.9. The molecule has 0 aliphatic rings. The maximum atomic E-state index is 12.7. The smallest absolute Gasteiger partial charge is 0.310 e. The van der Waals surface area contributed by atoms with Crippen LogP contribution in [0.15, 0.2) is 72.9 Å². The highest BCUT2D eigenvalue weighted by molar-refractivity contribution is 5.72. The number of hydrogen-bond acceptors (Lipinski definition) is 6. The van der Waals surface area contributed by atoms with Gasteiger partial charge in [0.2, 0.25) is 0 Å². The molecule has 0 radical (unpaired) electrons. The lowest BCUT2D eigenvalue weighted by Gasteiger charge is -2.18. The van der Waals surface area contributed by atoms with Crippen LogP contribution >= 0.6 is 0 Å². The molecule has 0 spiro atoms. The van der Waals surface area contributed by atoms with Crippen LogP contribution in [0.4, 0.5) is 0 Å². The monoisotopic (exact) mass is 795 g/mol. The van der Waals surface area contributed by atoms with Gasteiger partial charge in [0.05, 0.1) is 6.42 Å². The molecule has 57 heavy (non-hydrogen) atoms. The van der Waals surface area contributed by atoms with E-state index in [0.717, 1.165) is 83.5 Å². The van der Waals surface area contributed by atoms with Crippen molar-refractivity contribution in [1.82, 2.24) is 0 Å². The first-order valence-electron chi connectivity index (χ1n) is 23.4. The molecule has 0 aromatic heterocycles. The van der Waals surface area contributed by atoms with E-state index < -0.39 is 12.1 Å². The van der Waals surface area contributed by atoms with E-state index in [2.05, 4.69) is 81.5 Å². The number of rotatable bonds is 41. The number of unbranched alkanes of at least 4 members (excludes halogenated alkanes) is 19. The number of carbonyl (C=O) groups excluding carboxylic acids is 3. The predicted octanol–water partition coefficient (Wildman–Crippen LogP) is 15.1. The van der Waals surface area contributed by atoms with Gasteiger partial charge in [-0.05, 0) is 70.6 Å². The van der Waals surface area contributed by atoms with E-state index in [-0.39, 0.29) is 31.6 Å². The molecule has 0 bridgehead atoms. The van der Waals surface area contributed by atoms with Crippen LogP contribution in [-0.2, 0) is 28.6 Å². The molecule has 0 saturated heterocycles. The molecule has 0 aliphatic carbocycles. The summed E-state index contributed by atoms with van der Waals surface area (Å²) in [6.45, 7) is 6.38. The lowest BCUT2D eigenvalue weighted by molar-refractivity contribution is -0.166. The zero-order valence-corrected chi connectivity index (χ0v) is 37.1. The summed E-state index contributed by atoms with van der Waals surface area (Å²) in [4.78, 5) is 37.6. The summed E-state index contributed by atoms with van der Waals surface area (Å²) in [7, 11) is 0. The Morgan fingerprint density at radius 1 is 0.386 bits per heavy atom. The molecular weight excluding hydrogens is 709 g/mol. The Morgan fingerprint density at radius 3 is 1.14 bits per heavy atom. The van der Waals surface area contributed by atoms with E-state index in [1.54, 1.807) is 6.08 Å². The van der Waals surface area contributed by atoms with Gasteiger partial charge in [0.25, 0.3) is 0 Å². The highest BCUT2D eigenvalue weighted by atomic mass is 16.6. The molecule has 0 N–H and O–H groups in total. The fourth-order valence-electron chi connectivity index (χ4n) is 6.22. The van der Waals surface area contributed by atoms with Crippen LogP contribution in [0.25, 0.3) is 0 Å². The van der Waals surface area contributed by atoms with E-state index in [0.29, 0.717) is 12.8 Å². The quantitative estimate of drug-likeness (QED) is 0.0265. The third kappa shape index (κ3) is 43.8. The molecule has 326 valence electrons. The Balaban J connectivity index is 4.47. The molecular formula is C51H86O6.